The molecule has 2 aliphatic rings. The van der Waals surface area contributed by atoms with Crippen LogP contribution in [0.15, 0.2) is 0 Å². The molecule has 0 spiro atoms. The molecule has 2 aliphatic heterocycles. The van der Waals surface area contributed by atoms with Gasteiger partial charge in [0, 0.05) is 23.2 Å². The molecule has 222 valence electrons. The molecule has 2 saturated heterocycles. The first-order valence-corrected chi connectivity index (χ1v) is 15.7. The Hall–Kier alpha value is -1.14. The SMILES string of the molecule is CC(C)C1CC(C(=O)OCCCCCCCCCCOC(=O)C2CC(C(C)C)NC(C)(C)C2)CC(C)(C)N1. The summed E-state index contributed by atoms with van der Waals surface area (Å²) in [4.78, 5) is 25.3. The molecule has 0 saturated carbocycles. The van der Waals surface area contributed by atoms with Crippen molar-refractivity contribution in [1.29, 1.82) is 0 Å². The van der Waals surface area contributed by atoms with Crippen molar-refractivity contribution in [3.05, 3.63) is 0 Å². The minimum Gasteiger partial charge on any atom is -0.465 e. The van der Waals surface area contributed by atoms with E-state index in [9.17, 15) is 9.59 Å². The fraction of sp³-hybridized carbons (Fsp3) is 0.938. The lowest BCUT2D eigenvalue weighted by Crippen LogP contribution is -2.55. The molecule has 0 radical (unpaired) electrons. The third kappa shape index (κ3) is 11.9. The van der Waals surface area contributed by atoms with Crippen LogP contribution in [0, 0.1) is 23.7 Å². The predicted octanol–water partition coefficient (Wildman–Crippen LogP) is 6.80. The van der Waals surface area contributed by atoms with E-state index in [1.165, 1.54) is 25.7 Å². The molecule has 0 amide bonds. The molecule has 38 heavy (non-hydrogen) atoms. The van der Waals surface area contributed by atoms with Gasteiger partial charge in [-0.3, -0.25) is 9.59 Å². The first kappa shape index (κ1) is 33.1. The molecule has 0 aromatic heterocycles. The van der Waals surface area contributed by atoms with E-state index in [1.807, 2.05) is 0 Å². The van der Waals surface area contributed by atoms with Crippen molar-refractivity contribution in [1.82, 2.24) is 10.6 Å². The Kier molecular flexibility index (Phi) is 13.6. The van der Waals surface area contributed by atoms with Gasteiger partial charge in [-0.2, -0.15) is 0 Å². The molecule has 0 bridgehead atoms. The highest BCUT2D eigenvalue weighted by atomic mass is 16.5. The summed E-state index contributed by atoms with van der Waals surface area (Å²) in [6, 6.07) is 0.755. The molecule has 4 atom stereocenters. The van der Waals surface area contributed by atoms with Gasteiger partial charge in [-0.05, 0) is 78.1 Å². The molecule has 0 aliphatic carbocycles. The number of esters is 2. The average Bonchev–Trinajstić information content (AvgIpc) is 2.82. The molecule has 2 rings (SSSR count). The van der Waals surface area contributed by atoms with Crippen molar-refractivity contribution >= 4 is 11.9 Å². The Morgan fingerprint density at radius 3 is 1.26 bits per heavy atom. The smallest absolute Gasteiger partial charge is 0.309 e. The summed E-state index contributed by atoms with van der Waals surface area (Å²) in [5.41, 5.74) is -0.0279. The van der Waals surface area contributed by atoms with Crippen molar-refractivity contribution in [2.45, 2.75) is 156 Å². The van der Waals surface area contributed by atoms with Gasteiger partial charge in [0.2, 0.25) is 0 Å². The van der Waals surface area contributed by atoms with Gasteiger partial charge in [0.1, 0.15) is 0 Å². The Bertz CT molecular complexity index is 658. The number of carbonyl (C=O) groups is 2. The standard InChI is InChI=1S/C32H60N2O4/c1-23(2)27-19-25(21-31(5,6)33-27)29(35)37-17-15-13-11-9-10-12-14-16-18-38-30(36)26-20-28(24(3)4)34-32(7,8)22-26/h23-28,33-34H,9-22H2,1-8H3. The molecule has 6 heteroatoms. The van der Waals surface area contributed by atoms with Gasteiger partial charge in [-0.15, -0.1) is 0 Å². The summed E-state index contributed by atoms with van der Waals surface area (Å²) in [5, 5.41) is 7.37. The monoisotopic (exact) mass is 536 g/mol. The zero-order valence-electron chi connectivity index (χ0n) is 26.0. The summed E-state index contributed by atoms with van der Waals surface area (Å²) in [6.45, 7) is 18.7. The van der Waals surface area contributed by atoms with E-state index < -0.39 is 0 Å². The Morgan fingerprint density at radius 2 is 0.947 bits per heavy atom. The maximum atomic E-state index is 12.6. The molecular formula is C32H60N2O4. The number of rotatable bonds is 15. The first-order chi connectivity index (χ1) is 17.8. The van der Waals surface area contributed by atoms with Crippen LogP contribution in [0.4, 0.5) is 0 Å². The second-order valence-electron chi connectivity index (χ2n) is 14.2. The third-order valence-electron chi connectivity index (χ3n) is 8.55. The number of carbonyl (C=O) groups excluding carboxylic acids is 2. The van der Waals surface area contributed by atoms with Crippen molar-refractivity contribution in [2.24, 2.45) is 23.7 Å². The van der Waals surface area contributed by atoms with Gasteiger partial charge in [0.05, 0.1) is 25.0 Å². The first-order valence-electron chi connectivity index (χ1n) is 15.7. The summed E-state index contributed by atoms with van der Waals surface area (Å²) in [5.74, 6) is 1.06. The Labute approximate surface area is 234 Å². The zero-order chi connectivity index (χ0) is 28.3. The van der Waals surface area contributed by atoms with E-state index in [4.69, 9.17) is 9.47 Å². The third-order valence-corrected chi connectivity index (χ3v) is 8.55. The topological polar surface area (TPSA) is 76.7 Å². The molecule has 0 aromatic carbocycles. The van der Waals surface area contributed by atoms with Crippen molar-refractivity contribution in [2.75, 3.05) is 13.2 Å². The molecule has 4 unspecified atom stereocenters. The second kappa shape index (κ2) is 15.6. The summed E-state index contributed by atoms with van der Waals surface area (Å²) >= 11 is 0. The van der Waals surface area contributed by atoms with Gasteiger partial charge >= 0.3 is 11.9 Å². The lowest BCUT2D eigenvalue weighted by Gasteiger charge is -2.42. The van der Waals surface area contributed by atoms with E-state index in [0.717, 1.165) is 51.4 Å². The van der Waals surface area contributed by atoms with E-state index in [1.54, 1.807) is 0 Å². The highest BCUT2D eigenvalue weighted by molar-refractivity contribution is 5.73. The average molecular weight is 537 g/mol. The quantitative estimate of drug-likeness (QED) is 0.177. The number of hydrogen-bond acceptors (Lipinski definition) is 6. The Morgan fingerprint density at radius 1 is 0.632 bits per heavy atom. The van der Waals surface area contributed by atoms with E-state index in [-0.39, 0.29) is 34.9 Å². The fourth-order valence-electron chi connectivity index (χ4n) is 6.33. The molecule has 2 N–H and O–H groups in total. The van der Waals surface area contributed by atoms with Crippen LogP contribution in [-0.2, 0) is 19.1 Å². The largest absolute Gasteiger partial charge is 0.465 e. The molecule has 6 nitrogen and oxygen atoms in total. The molecule has 2 fully saturated rings. The maximum Gasteiger partial charge on any atom is 0.309 e. The minimum atomic E-state index is -0.0140. The molecule has 2 heterocycles. The van der Waals surface area contributed by atoms with Crippen LogP contribution >= 0.6 is 0 Å². The number of piperidine rings is 2. The summed E-state index contributed by atoms with van der Waals surface area (Å²) < 4.78 is 11.3. The van der Waals surface area contributed by atoms with Crippen LogP contribution in [0.5, 0.6) is 0 Å². The van der Waals surface area contributed by atoms with Gasteiger partial charge < -0.3 is 20.1 Å². The number of hydrogen-bond donors (Lipinski definition) is 2. The zero-order valence-corrected chi connectivity index (χ0v) is 26.0. The van der Waals surface area contributed by atoms with Crippen LogP contribution < -0.4 is 10.6 Å². The van der Waals surface area contributed by atoms with Crippen molar-refractivity contribution < 1.29 is 19.1 Å². The number of nitrogens with one attached hydrogen (secondary N) is 2. The van der Waals surface area contributed by atoms with Crippen molar-refractivity contribution in [3.8, 4) is 0 Å². The van der Waals surface area contributed by atoms with E-state index in [0.29, 0.717) is 37.1 Å². The van der Waals surface area contributed by atoms with Crippen molar-refractivity contribution in [3.63, 3.8) is 0 Å². The second-order valence-corrected chi connectivity index (χ2v) is 14.2. The lowest BCUT2D eigenvalue weighted by atomic mass is 9.78. The minimum absolute atomic E-state index is 0.00506. The van der Waals surface area contributed by atoms with Crippen LogP contribution in [0.25, 0.3) is 0 Å². The Balaban J connectivity index is 1.46. The summed E-state index contributed by atoms with van der Waals surface area (Å²) in [7, 11) is 0. The fourth-order valence-corrected chi connectivity index (χ4v) is 6.33. The number of ether oxygens (including phenoxy) is 2. The lowest BCUT2D eigenvalue weighted by molar-refractivity contribution is -0.152. The highest BCUT2D eigenvalue weighted by Crippen LogP contribution is 2.32. The predicted molar refractivity (Wildman–Crippen MR) is 156 cm³/mol. The van der Waals surface area contributed by atoms with Gasteiger partial charge in [0.15, 0.2) is 0 Å². The van der Waals surface area contributed by atoms with E-state index >= 15 is 0 Å². The van der Waals surface area contributed by atoms with Crippen LogP contribution in [-0.4, -0.2) is 48.3 Å². The molecular weight excluding hydrogens is 476 g/mol. The maximum absolute atomic E-state index is 12.6. The van der Waals surface area contributed by atoms with Gasteiger partial charge in [0.25, 0.3) is 0 Å². The van der Waals surface area contributed by atoms with Crippen LogP contribution in [0.3, 0.4) is 0 Å². The van der Waals surface area contributed by atoms with Crippen LogP contribution in [0.2, 0.25) is 0 Å². The van der Waals surface area contributed by atoms with Gasteiger partial charge in [-0.25, -0.2) is 0 Å². The van der Waals surface area contributed by atoms with Crippen LogP contribution in [0.1, 0.15) is 132 Å². The normalized spacial score (nSPS) is 26.9. The number of unbranched alkanes of at least 4 members (excludes halogenated alkanes) is 7. The van der Waals surface area contributed by atoms with Gasteiger partial charge in [-0.1, -0.05) is 66.2 Å². The summed E-state index contributed by atoms with van der Waals surface area (Å²) in [6.07, 6.45) is 12.4. The highest BCUT2D eigenvalue weighted by Gasteiger charge is 2.39. The van der Waals surface area contributed by atoms with E-state index in [2.05, 4.69) is 66.0 Å². The molecule has 0 aromatic rings.